The van der Waals surface area contributed by atoms with Crippen molar-refractivity contribution in [3.8, 4) is 0 Å². The molecule has 1 aromatic rings. The Kier molecular flexibility index (Phi) is 6.55. The molecule has 0 aliphatic rings. The summed E-state index contributed by atoms with van der Waals surface area (Å²) in [5.41, 5.74) is 1.45. The second-order valence-electron chi connectivity index (χ2n) is 5.79. The number of hydrogen-bond acceptors (Lipinski definition) is 4. The summed E-state index contributed by atoms with van der Waals surface area (Å²) < 4.78 is 0.693. The maximum Gasteiger partial charge on any atom is 0.368 e. The molecule has 0 heterocycles. The quantitative estimate of drug-likeness (QED) is 0.262. The van der Waals surface area contributed by atoms with Crippen molar-refractivity contribution in [3.63, 3.8) is 0 Å². The van der Waals surface area contributed by atoms with Crippen LogP contribution in [0.3, 0.4) is 0 Å². The van der Waals surface area contributed by atoms with Gasteiger partial charge in [0.05, 0.1) is 27.1 Å². The van der Waals surface area contributed by atoms with Crippen molar-refractivity contribution < 1.29 is 24.2 Å². The first-order chi connectivity index (χ1) is 9.80. The van der Waals surface area contributed by atoms with Crippen molar-refractivity contribution in [3.05, 3.63) is 48.0 Å². The molecule has 0 aromatic heterocycles. The smallest absolute Gasteiger partial charge is 0.365 e. The standard InChI is InChI=1S/C16H24NO4/c1-13(2)16(19)21-20-15(18)10-11-17(3,4)12-14-8-6-5-7-9-14/h5-9,15,18H,1,10-12H2,2-4H3/q+1. The number of quaternary nitrogens is 1. The number of nitrogens with zero attached hydrogens (tertiary/aromatic N) is 1. The Labute approximate surface area is 125 Å². The summed E-state index contributed by atoms with van der Waals surface area (Å²) in [6.07, 6.45) is -0.773. The third kappa shape index (κ3) is 7.04. The van der Waals surface area contributed by atoms with Gasteiger partial charge in [0, 0.05) is 11.1 Å². The van der Waals surface area contributed by atoms with E-state index in [-0.39, 0.29) is 5.57 Å². The van der Waals surface area contributed by atoms with Gasteiger partial charge in [0.25, 0.3) is 0 Å². The molecule has 0 radical (unpaired) electrons. The van der Waals surface area contributed by atoms with Crippen molar-refractivity contribution in [2.75, 3.05) is 20.6 Å². The summed E-state index contributed by atoms with van der Waals surface area (Å²) in [5, 5.41) is 9.67. The molecular formula is C16H24NO4+. The highest BCUT2D eigenvalue weighted by atomic mass is 17.2. The number of aliphatic hydroxyl groups excluding tert-OH is 1. The van der Waals surface area contributed by atoms with Crippen LogP contribution in [0, 0.1) is 0 Å². The van der Waals surface area contributed by atoms with Crippen LogP contribution in [-0.2, 0) is 21.1 Å². The summed E-state index contributed by atoms with van der Waals surface area (Å²) in [7, 11) is 4.14. The number of carbonyl (C=O) groups excluding carboxylic acids is 1. The van der Waals surface area contributed by atoms with Gasteiger partial charge in [0.15, 0.2) is 0 Å². The summed E-state index contributed by atoms with van der Waals surface area (Å²) >= 11 is 0. The lowest BCUT2D eigenvalue weighted by Crippen LogP contribution is -2.41. The van der Waals surface area contributed by atoms with Gasteiger partial charge in [-0.2, -0.15) is 4.89 Å². The molecule has 1 unspecified atom stereocenters. The monoisotopic (exact) mass is 294 g/mol. The lowest BCUT2D eigenvalue weighted by molar-refractivity contribution is -0.904. The summed E-state index contributed by atoms with van der Waals surface area (Å²) in [6, 6.07) is 10.1. The number of carbonyl (C=O) groups is 1. The minimum atomic E-state index is -1.14. The van der Waals surface area contributed by atoms with Crippen molar-refractivity contribution >= 4 is 5.97 Å². The molecule has 0 bridgehead atoms. The van der Waals surface area contributed by atoms with E-state index in [2.05, 4.69) is 42.6 Å². The molecule has 0 spiro atoms. The van der Waals surface area contributed by atoms with E-state index >= 15 is 0 Å². The average Bonchev–Trinajstić information content (AvgIpc) is 2.43. The van der Waals surface area contributed by atoms with E-state index < -0.39 is 12.3 Å². The first-order valence-corrected chi connectivity index (χ1v) is 6.87. The van der Waals surface area contributed by atoms with Gasteiger partial charge in [-0.05, 0) is 6.92 Å². The molecule has 1 aromatic carbocycles. The van der Waals surface area contributed by atoms with E-state index in [1.54, 1.807) is 0 Å². The minimum Gasteiger partial charge on any atom is -0.365 e. The SMILES string of the molecule is C=C(C)C(=O)OOC(O)CC[N+](C)(C)Cc1ccccc1. The highest BCUT2D eigenvalue weighted by molar-refractivity contribution is 5.86. The van der Waals surface area contributed by atoms with Gasteiger partial charge >= 0.3 is 5.97 Å². The fraction of sp³-hybridized carbons (Fsp3) is 0.438. The second kappa shape index (κ2) is 7.93. The molecule has 5 nitrogen and oxygen atoms in total. The van der Waals surface area contributed by atoms with Crippen LogP contribution in [0.5, 0.6) is 0 Å². The van der Waals surface area contributed by atoms with Crippen LogP contribution in [0.1, 0.15) is 18.9 Å². The maximum atomic E-state index is 11.1. The van der Waals surface area contributed by atoms with Crippen molar-refractivity contribution in [2.24, 2.45) is 0 Å². The van der Waals surface area contributed by atoms with E-state index in [4.69, 9.17) is 0 Å². The van der Waals surface area contributed by atoms with Gasteiger partial charge in [0.1, 0.15) is 6.54 Å². The van der Waals surface area contributed by atoms with Crippen LogP contribution in [0.15, 0.2) is 42.5 Å². The number of hydrogen-bond donors (Lipinski definition) is 1. The van der Waals surface area contributed by atoms with Gasteiger partial charge < -0.3 is 9.59 Å². The third-order valence-electron chi connectivity index (χ3n) is 3.02. The van der Waals surface area contributed by atoms with E-state index in [0.29, 0.717) is 17.4 Å². The molecule has 5 heteroatoms. The van der Waals surface area contributed by atoms with Gasteiger partial charge in [-0.1, -0.05) is 36.9 Å². The van der Waals surface area contributed by atoms with E-state index in [9.17, 15) is 9.90 Å². The van der Waals surface area contributed by atoms with Gasteiger partial charge in [-0.25, -0.2) is 4.79 Å². The molecule has 0 saturated heterocycles. The van der Waals surface area contributed by atoms with Crippen LogP contribution >= 0.6 is 0 Å². The van der Waals surface area contributed by atoms with Crippen LogP contribution in [0.25, 0.3) is 0 Å². The highest BCUT2D eigenvalue weighted by Crippen LogP contribution is 2.11. The van der Waals surface area contributed by atoms with Gasteiger partial charge in [-0.3, -0.25) is 4.89 Å². The van der Waals surface area contributed by atoms with Gasteiger partial charge in [-0.15, -0.1) is 0 Å². The van der Waals surface area contributed by atoms with E-state index in [1.165, 1.54) is 12.5 Å². The van der Waals surface area contributed by atoms with E-state index in [1.807, 2.05) is 18.2 Å². The summed E-state index contributed by atoms with van der Waals surface area (Å²) in [5.74, 6) is -0.674. The topological polar surface area (TPSA) is 55.8 Å². The Hall–Kier alpha value is -1.69. The predicted molar refractivity (Wildman–Crippen MR) is 79.7 cm³/mol. The molecule has 0 saturated carbocycles. The first-order valence-electron chi connectivity index (χ1n) is 6.87. The van der Waals surface area contributed by atoms with Crippen LogP contribution in [-0.4, -0.2) is 42.5 Å². The zero-order chi connectivity index (χ0) is 15.9. The second-order valence-corrected chi connectivity index (χ2v) is 5.79. The highest BCUT2D eigenvalue weighted by Gasteiger charge is 2.19. The average molecular weight is 294 g/mol. The number of benzene rings is 1. The molecule has 0 fully saturated rings. The number of aliphatic hydroxyl groups is 1. The predicted octanol–water partition coefficient (Wildman–Crippen LogP) is 2.02. The molecule has 1 atom stereocenters. The zero-order valence-electron chi connectivity index (χ0n) is 12.9. The fourth-order valence-electron chi connectivity index (χ4n) is 1.84. The molecule has 0 aliphatic carbocycles. The largest absolute Gasteiger partial charge is 0.368 e. The molecule has 116 valence electrons. The Bertz CT molecular complexity index is 470. The van der Waals surface area contributed by atoms with Gasteiger partial charge in [0.2, 0.25) is 6.29 Å². The molecule has 0 aliphatic heterocycles. The molecule has 0 amide bonds. The van der Waals surface area contributed by atoms with Crippen molar-refractivity contribution in [1.29, 1.82) is 0 Å². The molecular weight excluding hydrogens is 270 g/mol. The fourth-order valence-corrected chi connectivity index (χ4v) is 1.84. The lowest BCUT2D eigenvalue weighted by Gasteiger charge is -2.30. The Balaban J connectivity index is 2.35. The Morgan fingerprint density at radius 3 is 2.52 bits per heavy atom. The zero-order valence-corrected chi connectivity index (χ0v) is 12.9. The summed E-state index contributed by atoms with van der Waals surface area (Å²) in [4.78, 5) is 20.2. The minimum absolute atomic E-state index is 0.224. The molecule has 1 rings (SSSR count). The Morgan fingerprint density at radius 2 is 1.95 bits per heavy atom. The third-order valence-corrected chi connectivity index (χ3v) is 3.02. The molecule has 1 N–H and O–H groups in total. The van der Waals surface area contributed by atoms with E-state index in [0.717, 1.165) is 6.54 Å². The van der Waals surface area contributed by atoms with Crippen molar-refractivity contribution in [1.82, 2.24) is 0 Å². The Morgan fingerprint density at radius 1 is 1.33 bits per heavy atom. The summed E-state index contributed by atoms with van der Waals surface area (Å²) in [6.45, 7) is 6.47. The lowest BCUT2D eigenvalue weighted by atomic mass is 10.2. The van der Waals surface area contributed by atoms with Crippen LogP contribution in [0.4, 0.5) is 0 Å². The van der Waals surface area contributed by atoms with Crippen LogP contribution < -0.4 is 0 Å². The first kappa shape index (κ1) is 17.4. The maximum absolute atomic E-state index is 11.1. The normalized spacial score (nSPS) is 12.8. The van der Waals surface area contributed by atoms with Crippen LogP contribution in [0.2, 0.25) is 0 Å². The molecule has 21 heavy (non-hydrogen) atoms. The number of rotatable bonds is 8. The van der Waals surface area contributed by atoms with Crippen molar-refractivity contribution in [2.45, 2.75) is 26.2 Å².